The zero-order valence-electron chi connectivity index (χ0n) is 8.48. The Hall–Kier alpha value is -0.980. The van der Waals surface area contributed by atoms with Crippen LogP contribution in [0.15, 0.2) is 16.7 Å². The van der Waals surface area contributed by atoms with E-state index in [1.165, 1.54) is 13.1 Å². The third-order valence-corrected chi connectivity index (χ3v) is 2.39. The first-order valence-electron chi connectivity index (χ1n) is 4.52. The number of pyridine rings is 1. The van der Waals surface area contributed by atoms with Crippen LogP contribution in [0.25, 0.3) is 0 Å². The second-order valence-corrected chi connectivity index (χ2v) is 4.32. The van der Waals surface area contributed by atoms with Gasteiger partial charge in [0, 0.05) is 6.04 Å². The third kappa shape index (κ3) is 4.26. The normalized spacial score (nSPS) is 13.6. The molecule has 1 atom stereocenters. The quantitative estimate of drug-likeness (QED) is 0.901. The number of anilines is 2. The van der Waals surface area contributed by atoms with E-state index < -0.39 is 18.6 Å². The van der Waals surface area contributed by atoms with Crippen LogP contribution in [0, 0.1) is 0 Å². The first-order chi connectivity index (χ1) is 7.28. The van der Waals surface area contributed by atoms with Gasteiger partial charge in [-0.05, 0) is 28.9 Å². The van der Waals surface area contributed by atoms with Gasteiger partial charge in [-0.3, -0.25) is 0 Å². The highest BCUT2D eigenvalue weighted by atomic mass is 79.9. The molecule has 90 valence electrons. The lowest BCUT2D eigenvalue weighted by molar-refractivity contribution is -0.136. The molecule has 0 spiro atoms. The van der Waals surface area contributed by atoms with E-state index in [4.69, 9.17) is 5.73 Å². The van der Waals surface area contributed by atoms with Crippen LogP contribution in [-0.4, -0.2) is 17.2 Å². The molecule has 0 aromatic carbocycles. The number of rotatable bonds is 3. The van der Waals surface area contributed by atoms with Crippen LogP contribution in [0.1, 0.15) is 13.3 Å². The summed E-state index contributed by atoms with van der Waals surface area (Å²) in [6, 6.07) is 0.836. The molecule has 1 aromatic rings. The Labute approximate surface area is 99.4 Å². The summed E-state index contributed by atoms with van der Waals surface area (Å²) in [6.07, 6.45) is -3.72. The van der Waals surface area contributed by atoms with Gasteiger partial charge in [-0.15, -0.1) is 0 Å². The fourth-order valence-corrected chi connectivity index (χ4v) is 1.67. The molecule has 0 amide bonds. The molecular formula is C9H11BrF3N3. The molecule has 0 bridgehead atoms. The summed E-state index contributed by atoms with van der Waals surface area (Å²) in [5.41, 5.74) is 5.91. The topological polar surface area (TPSA) is 50.9 Å². The van der Waals surface area contributed by atoms with Gasteiger partial charge in [-0.2, -0.15) is 13.2 Å². The van der Waals surface area contributed by atoms with Crippen LogP contribution < -0.4 is 11.1 Å². The average molecular weight is 298 g/mol. The molecule has 0 radical (unpaired) electrons. The summed E-state index contributed by atoms with van der Waals surface area (Å²) in [5.74, 6) is 0.353. The SMILES string of the molecule is CC(CC(F)(F)F)Nc1ncc(N)cc1Br. The molecule has 0 fully saturated rings. The Bertz CT molecular complexity index is 368. The van der Waals surface area contributed by atoms with E-state index in [-0.39, 0.29) is 0 Å². The van der Waals surface area contributed by atoms with Crippen molar-refractivity contribution in [3.63, 3.8) is 0 Å². The predicted octanol–water partition coefficient (Wildman–Crippen LogP) is 3.18. The zero-order valence-corrected chi connectivity index (χ0v) is 10.1. The van der Waals surface area contributed by atoms with Crippen molar-refractivity contribution < 1.29 is 13.2 Å². The van der Waals surface area contributed by atoms with Crippen LogP contribution in [0.2, 0.25) is 0 Å². The zero-order chi connectivity index (χ0) is 12.3. The summed E-state index contributed by atoms with van der Waals surface area (Å²) in [5, 5.41) is 2.66. The van der Waals surface area contributed by atoms with Gasteiger partial charge in [0.2, 0.25) is 0 Å². The molecule has 1 heterocycles. The van der Waals surface area contributed by atoms with Crippen molar-refractivity contribution in [3.05, 3.63) is 16.7 Å². The van der Waals surface area contributed by atoms with Crippen molar-refractivity contribution >= 4 is 27.4 Å². The Kier molecular flexibility index (Phi) is 4.01. The van der Waals surface area contributed by atoms with Crippen LogP contribution in [0.4, 0.5) is 24.7 Å². The van der Waals surface area contributed by atoms with E-state index in [0.717, 1.165) is 0 Å². The number of halogens is 4. The lowest BCUT2D eigenvalue weighted by Crippen LogP contribution is -2.24. The van der Waals surface area contributed by atoms with E-state index in [1.807, 2.05) is 0 Å². The average Bonchev–Trinajstić information content (AvgIpc) is 2.06. The summed E-state index contributed by atoms with van der Waals surface area (Å²) < 4.78 is 36.8. The van der Waals surface area contributed by atoms with Crippen LogP contribution in [-0.2, 0) is 0 Å². The molecule has 1 aromatic heterocycles. The van der Waals surface area contributed by atoms with Gasteiger partial charge in [0.05, 0.1) is 22.8 Å². The van der Waals surface area contributed by atoms with Gasteiger partial charge in [-0.25, -0.2) is 4.98 Å². The second kappa shape index (κ2) is 4.90. The molecule has 0 saturated heterocycles. The highest BCUT2D eigenvalue weighted by molar-refractivity contribution is 9.10. The maximum absolute atomic E-state index is 12.1. The van der Waals surface area contributed by atoms with Gasteiger partial charge < -0.3 is 11.1 Å². The van der Waals surface area contributed by atoms with Crippen molar-refractivity contribution in [2.45, 2.75) is 25.6 Å². The highest BCUT2D eigenvalue weighted by Crippen LogP contribution is 2.26. The molecular weight excluding hydrogens is 287 g/mol. The van der Waals surface area contributed by atoms with Gasteiger partial charge in [0.15, 0.2) is 0 Å². The molecule has 1 unspecified atom stereocenters. The molecule has 16 heavy (non-hydrogen) atoms. The largest absolute Gasteiger partial charge is 0.397 e. The molecule has 0 aliphatic rings. The molecule has 0 aliphatic carbocycles. The van der Waals surface area contributed by atoms with Gasteiger partial charge in [-0.1, -0.05) is 0 Å². The minimum absolute atomic E-state index is 0.353. The number of hydrogen-bond donors (Lipinski definition) is 2. The number of aromatic nitrogens is 1. The summed E-state index contributed by atoms with van der Waals surface area (Å²) in [4.78, 5) is 3.90. The molecule has 0 aliphatic heterocycles. The molecule has 3 nitrogen and oxygen atoms in total. The number of nitrogens with two attached hydrogens (primary N) is 1. The molecule has 3 N–H and O–H groups in total. The smallest absolute Gasteiger partial charge is 0.391 e. The van der Waals surface area contributed by atoms with Crippen LogP contribution in [0.3, 0.4) is 0 Å². The predicted molar refractivity (Wildman–Crippen MR) is 60.1 cm³/mol. The van der Waals surface area contributed by atoms with Gasteiger partial charge in [0.1, 0.15) is 5.82 Å². The standard InChI is InChI=1S/C9H11BrF3N3/c1-5(3-9(11,12)13)16-8-7(10)2-6(14)4-15-8/h2,4-5H,3,14H2,1H3,(H,15,16). The van der Waals surface area contributed by atoms with E-state index in [1.54, 1.807) is 6.07 Å². The van der Waals surface area contributed by atoms with Crippen LogP contribution >= 0.6 is 15.9 Å². The maximum atomic E-state index is 12.1. The van der Waals surface area contributed by atoms with Gasteiger partial charge >= 0.3 is 6.18 Å². The van der Waals surface area contributed by atoms with Crippen molar-refractivity contribution in [2.75, 3.05) is 11.1 Å². The minimum Gasteiger partial charge on any atom is -0.397 e. The summed E-state index contributed by atoms with van der Waals surface area (Å²) >= 11 is 3.17. The van der Waals surface area contributed by atoms with Crippen LogP contribution in [0.5, 0.6) is 0 Å². The van der Waals surface area contributed by atoms with E-state index >= 15 is 0 Å². The number of nitrogens with one attached hydrogen (secondary N) is 1. The molecule has 7 heteroatoms. The molecule has 0 saturated carbocycles. The Balaban J connectivity index is 2.66. The van der Waals surface area contributed by atoms with Crippen molar-refractivity contribution in [1.29, 1.82) is 0 Å². The Morgan fingerprint density at radius 2 is 2.19 bits per heavy atom. The monoisotopic (exact) mass is 297 g/mol. The Morgan fingerprint density at radius 1 is 1.56 bits per heavy atom. The van der Waals surface area contributed by atoms with E-state index in [0.29, 0.717) is 16.0 Å². The fraction of sp³-hybridized carbons (Fsp3) is 0.444. The van der Waals surface area contributed by atoms with Crippen molar-refractivity contribution in [2.24, 2.45) is 0 Å². The first-order valence-corrected chi connectivity index (χ1v) is 5.31. The lowest BCUT2D eigenvalue weighted by Gasteiger charge is -2.17. The summed E-state index contributed by atoms with van der Waals surface area (Å²) in [6.45, 7) is 1.44. The van der Waals surface area contributed by atoms with Gasteiger partial charge in [0.25, 0.3) is 0 Å². The Morgan fingerprint density at radius 3 is 2.69 bits per heavy atom. The first kappa shape index (κ1) is 13.1. The fourth-order valence-electron chi connectivity index (χ4n) is 1.19. The maximum Gasteiger partial charge on any atom is 0.391 e. The molecule has 1 rings (SSSR count). The number of nitrogen functional groups attached to an aromatic ring is 1. The van der Waals surface area contributed by atoms with E-state index in [2.05, 4.69) is 26.2 Å². The highest BCUT2D eigenvalue weighted by Gasteiger charge is 2.30. The number of alkyl halides is 3. The van der Waals surface area contributed by atoms with E-state index in [9.17, 15) is 13.2 Å². The second-order valence-electron chi connectivity index (χ2n) is 3.46. The minimum atomic E-state index is -4.19. The lowest BCUT2D eigenvalue weighted by atomic mass is 10.2. The summed E-state index contributed by atoms with van der Waals surface area (Å²) in [7, 11) is 0. The number of nitrogens with zero attached hydrogens (tertiary/aromatic N) is 1. The third-order valence-electron chi connectivity index (χ3n) is 1.78. The van der Waals surface area contributed by atoms with Crippen molar-refractivity contribution in [1.82, 2.24) is 4.98 Å². The number of hydrogen-bond acceptors (Lipinski definition) is 3. The van der Waals surface area contributed by atoms with Crippen molar-refractivity contribution in [3.8, 4) is 0 Å².